The van der Waals surface area contributed by atoms with E-state index >= 15 is 0 Å². The molecule has 152 valence electrons. The number of ether oxygens (including phenoxy) is 2. The summed E-state index contributed by atoms with van der Waals surface area (Å²) in [5, 5.41) is 30.0. The molecule has 0 amide bonds. The number of hydrogen-bond donors (Lipinski definition) is 3. The minimum atomic E-state index is -0.732. The van der Waals surface area contributed by atoms with Gasteiger partial charge in [-0.3, -0.25) is 4.90 Å². The van der Waals surface area contributed by atoms with Crippen molar-refractivity contribution in [2.45, 2.75) is 38.2 Å². The second-order valence-corrected chi connectivity index (χ2v) is 7.27. The van der Waals surface area contributed by atoms with Crippen LogP contribution in [0.2, 0.25) is 0 Å². The van der Waals surface area contributed by atoms with Crippen molar-refractivity contribution in [2.24, 2.45) is 0 Å². The lowest BCUT2D eigenvalue weighted by atomic mass is 9.97. The molecule has 1 heterocycles. The molecule has 3 rings (SSSR count). The molecule has 0 unspecified atom stereocenters. The normalized spacial score (nSPS) is 16.3. The van der Waals surface area contributed by atoms with Gasteiger partial charge in [0.1, 0.15) is 0 Å². The molecule has 0 saturated heterocycles. The van der Waals surface area contributed by atoms with E-state index in [9.17, 15) is 10.2 Å². The van der Waals surface area contributed by atoms with Crippen molar-refractivity contribution >= 4 is 0 Å². The van der Waals surface area contributed by atoms with Gasteiger partial charge in [-0.1, -0.05) is 24.3 Å². The van der Waals surface area contributed by atoms with Crippen molar-refractivity contribution in [1.29, 1.82) is 0 Å². The Kier molecular flexibility index (Phi) is 6.91. The Bertz CT molecular complexity index is 777. The summed E-state index contributed by atoms with van der Waals surface area (Å²) in [6.45, 7) is 2.06. The summed E-state index contributed by atoms with van der Waals surface area (Å²) in [4.78, 5) is 2.19. The van der Waals surface area contributed by atoms with Gasteiger partial charge in [-0.15, -0.1) is 0 Å². The van der Waals surface area contributed by atoms with Gasteiger partial charge in [0.05, 0.1) is 33.0 Å². The second kappa shape index (κ2) is 9.39. The van der Waals surface area contributed by atoms with Gasteiger partial charge in [-0.05, 0) is 40.8 Å². The standard InChI is InChI=1S/C22H29NO5/c1-27-21-9-17-7-8-23(12-18(17)10-22(21)28-2)13-19(25)11-20(26)16-5-3-15(14-24)4-6-16/h3-6,9-10,19-20,24-26H,7-8,11-14H2,1-2H3/t19-,20+/m1/s1. The molecule has 1 aliphatic heterocycles. The van der Waals surface area contributed by atoms with Crippen molar-refractivity contribution < 1.29 is 24.8 Å². The van der Waals surface area contributed by atoms with E-state index in [0.717, 1.165) is 36.4 Å². The first-order valence-corrected chi connectivity index (χ1v) is 9.56. The Morgan fingerprint density at radius 3 is 2.25 bits per heavy atom. The van der Waals surface area contributed by atoms with Gasteiger partial charge in [0, 0.05) is 26.1 Å². The van der Waals surface area contributed by atoms with E-state index in [0.29, 0.717) is 12.3 Å². The summed E-state index contributed by atoms with van der Waals surface area (Å²) in [7, 11) is 3.27. The van der Waals surface area contributed by atoms with Gasteiger partial charge in [0.15, 0.2) is 11.5 Å². The number of aliphatic hydroxyl groups excluding tert-OH is 3. The van der Waals surface area contributed by atoms with Gasteiger partial charge >= 0.3 is 0 Å². The Labute approximate surface area is 166 Å². The Balaban J connectivity index is 1.58. The van der Waals surface area contributed by atoms with E-state index in [1.807, 2.05) is 12.1 Å². The number of nitrogens with zero attached hydrogens (tertiary/aromatic N) is 1. The first kappa shape index (κ1) is 20.6. The Hall–Kier alpha value is -2.12. The minimum absolute atomic E-state index is 0.0217. The quantitative estimate of drug-likeness (QED) is 0.643. The van der Waals surface area contributed by atoms with Crippen LogP contribution >= 0.6 is 0 Å². The fourth-order valence-electron chi connectivity index (χ4n) is 3.71. The second-order valence-electron chi connectivity index (χ2n) is 7.27. The molecule has 2 atom stereocenters. The van der Waals surface area contributed by atoms with Crippen molar-refractivity contribution in [3.8, 4) is 11.5 Å². The van der Waals surface area contributed by atoms with Crippen LogP contribution in [0.1, 0.15) is 34.8 Å². The smallest absolute Gasteiger partial charge is 0.161 e. The summed E-state index contributed by atoms with van der Waals surface area (Å²) in [6, 6.07) is 11.2. The average Bonchev–Trinajstić information content (AvgIpc) is 2.72. The van der Waals surface area contributed by atoms with E-state index in [-0.39, 0.29) is 13.0 Å². The van der Waals surface area contributed by atoms with E-state index in [1.165, 1.54) is 11.1 Å². The van der Waals surface area contributed by atoms with E-state index in [4.69, 9.17) is 14.6 Å². The van der Waals surface area contributed by atoms with Gasteiger partial charge in [-0.2, -0.15) is 0 Å². The molecule has 0 aliphatic carbocycles. The van der Waals surface area contributed by atoms with Crippen molar-refractivity contribution in [3.05, 3.63) is 58.7 Å². The van der Waals surface area contributed by atoms with Crippen LogP contribution in [0.5, 0.6) is 11.5 Å². The van der Waals surface area contributed by atoms with E-state index in [2.05, 4.69) is 4.90 Å². The molecule has 28 heavy (non-hydrogen) atoms. The first-order chi connectivity index (χ1) is 13.5. The Morgan fingerprint density at radius 2 is 1.64 bits per heavy atom. The molecule has 0 bridgehead atoms. The molecule has 1 aliphatic rings. The van der Waals surface area contributed by atoms with Crippen LogP contribution in [-0.4, -0.2) is 53.6 Å². The first-order valence-electron chi connectivity index (χ1n) is 9.56. The molecule has 0 aromatic heterocycles. The maximum absolute atomic E-state index is 10.5. The molecule has 2 aromatic carbocycles. The van der Waals surface area contributed by atoms with Gasteiger partial charge in [0.2, 0.25) is 0 Å². The fourth-order valence-corrected chi connectivity index (χ4v) is 3.71. The third kappa shape index (κ3) is 4.83. The van der Waals surface area contributed by atoms with Crippen LogP contribution < -0.4 is 9.47 Å². The molecule has 0 fully saturated rings. The molecule has 0 saturated carbocycles. The Morgan fingerprint density at radius 1 is 1.00 bits per heavy atom. The SMILES string of the molecule is COc1cc2c(cc1OC)CN(C[C@H](O)C[C@H](O)c1ccc(CO)cc1)CC2. The minimum Gasteiger partial charge on any atom is -0.493 e. The monoisotopic (exact) mass is 387 g/mol. The highest BCUT2D eigenvalue weighted by Gasteiger charge is 2.22. The number of aliphatic hydroxyl groups is 3. The number of benzene rings is 2. The fraction of sp³-hybridized carbons (Fsp3) is 0.455. The summed E-state index contributed by atoms with van der Waals surface area (Å²) in [5.74, 6) is 1.45. The molecule has 0 spiro atoms. The van der Waals surface area contributed by atoms with Gasteiger partial charge < -0.3 is 24.8 Å². The largest absolute Gasteiger partial charge is 0.493 e. The number of rotatable bonds is 8. The summed E-state index contributed by atoms with van der Waals surface area (Å²) >= 11 is 0. The zero-order chi connectivity index (χ0) is 20.1. The summed E-state index contributed by atoms with van der Waals surface area (Å²) < 4.78 is 10.8. The molecule has 0 radical (unpaired) electrons. The lowest BCUT2D eigenvalue weighted by Crippen LogP contribution is -2.37. The molecule has 2 aromatic rings. The lowest BCUT2D eigenvalue weighted by Gasteiger charge is -2.31. The van der Waals surface area contributed by atoms with Crippen LogP contribution in [-0.2, 0) is 19.6 Å². The van der Waals surface area contributed by atoms with Crippen molar-refractivity contribution in [2.75, 3.05) is 27.3 Å². The van der Waals surface area contributed by atoms with Crippen LogP contribution in [0.25, 0.3) is 0 Å². The number of methoxy groups -OCH3 is 2. The maximum Gasteiger partial charge on any atom is 0.161 e. The zero-order valence-electron chi connectivity index (χ0n) is 16.5. The van der Waals surface area contributed by atoms with Crippen LogP contribution in [0.15, 0.2) is 36.4 Å². The third-order valence-corrected chi connectivity index (χ3v) is 5.31. The molecule has 6 nitrogen and oxygen atoms in total. The molecular formula is C22H29NO5. The molecule has 6 heteroatoms. The topological polar surface area (TPSA) is 82.4 Å². The summed E-state index contributed by atoms with van der Waals surface area (Å²) in [5.41, 5.74) is 3.97. The number of fused-ring (bicyclic) bond motifs is 1. The number of hydrogen-bond acceptors (Lipinski definition) is 6. The van der Waals surface area contributed by atoms with Crippen LogP contribution in [0.4, 0.5) is 0 Å². The average molecular weight is 387 g/mol. The number of β-amino-alcohol motifs (C(OH)–C–C–N with tert-alkyl or cyclic N) is 1. The van der Waals surface area contributed by atoms with E-state index in [1.54, 1.807) is 38.5 Å². The highest BCUT2D eigenvalue weighted by atomic mass is 16.5. The lowest BCUT2D eigenvalue weighted by molar-refractivity contribution is 0.0502. The third-order valence-electron chi connectivity index (χ3n) is 5.31. The van der Waals surface area contributed by atoms with Gasteiger partial charge in [0.25, 0.3) is 0 Å². The highest BCUT2D eigenvalue weighted by Crippen LogP contribution is 2.33. The highest BCUT2D eigenvalue weighted by molar-refractivity contribution is 5.48. The predicted molar refractivity (Wildman–Crippen MR) is 106 cm³/mol. The van der Waals surface area contributed by atoms with Crippen molar-refractivity contribution in [1.82, 2.24) is 4.90 Å². The summed E-state index contributed by atoms with van der Waals surface area (Å²) in [6.07, 6.45) is -0.208. The molecular weight excluding hydrogens is 358 g/mol. The zero-order valence-corrected chi connectivity index (χ0v) is 16.5. The van der Waals surface area contributed by atoms with Gasteiger partial charge in [-0.25, -0.2) is 0 Å². The van der Waals surface area contributed by atoms with E-state index < -0.39 is 12.2 Å². The van der Waals surface area contributed by atoms with Crippen LogP contribution in [0, 0.1) is 0 Å². The predicted octanol–water partition coefficient (Wildman–Crippen LogP) is 2.04. The van der Waals surface area contributed by atoms with Crippen molar-refractivity contribution in [3.63, 3.8) is 0 Å². The van der Waals surface area contributed by atoms with Crippen LogP contribution in [0.3, 0.4) is 0 Å². The maximum atomic E-state index is 10.5. The molecule has 3 N–H and O–H groups in total.